The molecular weight excluding hydrogens is 204 g/mol. The maximum Gasteiger partial charge on any atom is 0.236 e. The number of rotatable bonds is 6. The minimum absolute atomic E-state index is 0.0354. The van der Waals surface area contributed by atoms with Crippen molar-refractivity contribution in [3.63, 3.8) is 0 Å². The van der Waals surface area contributed by atoms with Crippen LogP contribution in [0.4, 0.5) is 0 Å². The van der Waals surface area contributed by atoms with Gasteiger partial charge < -0.3 is 15.6 Å². The van der Waals surface area contributed by atoms with Crippen LogP contribution in [-0.2, 0) is 11.3 Å². The Hall–Kier alpha value is -1.36. The van der Waals surface area contributed by atoms with E-state index in [0.717, 1.165) is 12.2 Å². The number of H-pyrrole nitrogens is 1. The molecule has 1 unspecified atom stereocenters. The second-order valence-corrected chi connectivity index (χ2v) is 4.32. The number of aromatic nitrogens is 2. The summed E-state index contributed by atoms with van der Waals surface area (Å²) < 4.78 is 0. The summed E-state index contributed by atoms with van der Waals surface area (Å²) in [7, 11) is 0. The van der Waals surface area contributed by atoms with Gasteiger partial charge in [0.05, 0.1) is 12.4 Å². The zero-order valence-corrected chi connectivity index (χ0v) is 10.1. The van der Waals surface area contributed by atoms with Crippen molar-refractivity contribution in [2.45, 2.75) is 33.4 Å². The maximum absolute atomic E-state index is 11.6. The second kappa shape index (κ2) is 6.27. The van der Waals surface area contributed by atoms with Gasteiger partial charge >= 0.3 is 0 Å². The van der Waals surface area contributed by atoms with Gasteiger partial charge in [-0.1, -0.05) is 13.8 Å². The molecule has 0 saturated carbocycles. The Morgan fingerprint density at radius 3 is 2.81 bits per heavy atom. The molecule has 0 aliphatic carbocycles. The smallest absolute Gasteiger partial charge is 0.236 e. The van der Waals surface area contributed by atoms with Gasteiger partial charge in [-0.05, 0) is 12.8 Å². The Kier molecular flexibility index (Phi) is 4.98. The Labute approximate surface area is 96.0 Å². The highest BCUT2D eigenvalue weighted by Gasteiger charge is 2.11. The van der Waals surface area contributed by atoms with E-state index in [9.17, 15) is 4.79 Å². The summed E-state index contributed by atoms with van der Waals surface area (Å²) in [6.45, 7) is 7.34. The first-order valence-corrected chi connectivity index (χ1v) is 5.58. The lowest BCUT2D eigenvalue weighted by atomic mass is 10.2. The standard InChI is InChI=1S/C11H20N4O/c1-8(2)4-14-11(16)9(3)13-6-10-5-12-7-15-10/h5,7-9,13H,4,6H2,1-3H3,(H,12,15)(H,14,16). The zero-order valence-electron chi connectivity index (χ0n) is 10.1. The predicted octanol–water partition coefficient (Wildman–Crippen LogP) is 0.660. The molecule has 1 rings (SSSR count). The van der Waals surface area contributed by atoms with E-state index in [-0.39, 0.29) is 11.9 Å². The lowest BCUT2D eigenvalue weighted by Crippen LogP contribution is -2.43. The molecule has 5 heteroatoms. The van der Waals surface area contributed by atoms with E-state index < -0.39 is 0 Å². The van der Waals surface area contributed by atoms with Gasteiger partial charge in [0.15, 0.2) is 0 Å². The Bertz CT molecular complexity index is 308. The van der Waals surface area contributed by atoms with Crippen molar-refractivity contribution in [2.75, 3.05) is 6.54 Å². The van der Waals surface area contributed by atoms with Crippen LogP contribution in [0.3, 0.4) is 0 Å². The Morgan fingerprint density at radius 1 is 1.50 bits per heavy atom. The Morgan fingerprint density at radius 2 is 2.25 bits per heavy atom. The van der Waals surface area contributed by atoms with Crippen LogP contribution in [0.2, 0.25) is 0 Å². The van der Waals surface area contributed by atoms with Crippen molar-refractivity contribution in [2.24, 2.45) is 5.92 Å². The fraction of sp³-hybridized carbons (Fsp3) is 0.636. The molecule has 1 aromatic rings. The summed E-state index contributed by atoms with van der Waals surface area (Å²) >= 11 is 0. The van der Waals surface area contributed by atoms with Gasteiger partial charge in [-0.2, -0.15) is 0 Å². The molecule has 0 aliphatic heterocycles. The minimum atomic E-state index is -0.193. The highest BCUT2D eigenvalue weighted by Crippen LogP contribution is 1.93. The molecule has 0 spiro atoms. The van der Waals surface area contributed by atoms with Crippen LogP contribution in [0, 0.1) is 5.92 Å². The predicted molar refractivity (Wildman–Crippen MR) is 62.7 cm³/mol. The van der Waals surface area contributed by atoms with Crippen LogP contribution in [0.1, 0.15) is 26.5 Å². The average molecular weight is 224 g/mol. The number of carbonyl (C=O) groups excluding carboxylic acids is 1. The molecule has 16 heavy (non-hydrogen) atoms. The van der Waals surface area contributed by atoms with Crippen LogP contribution in [0.15, 0.2) is 12.5 Å². The monoisotopic (exact) mass is 224 g/mol. The molecule has 1 amide bonds. The molecule has 90 valence electrons. The van der Waals surface area contributed by atoms with Crippen molar-refractivity contribution < 1.29 is 4.79 Å². The molecule has 0 bridgehead atoms. The molecule has 1 heterocycles. The SMILES string of the molecule is CC(C)CNC(=O)C(C)NCc1cnc[nH]1. The lowest BCUT2D eigenvalue weighted by Gasteiger charge is -2.14. The third-order valence-corrected chi connectivity index (χ3v) is 2.23. The number of imidazole rings is 1. The minimum Gasteiger partial charge on any atom is -0.354 e. The highest BCUT2D eigenvalue weighted by molar-refractivity contribution is 5.81. The maximum atomic E-state index is 11.6. The van der Waals surface area contributed by atoms with Crippen LogP contribution < -0.4 is 10.6 Å². The van der Waals surface area contributed by atoms with Gasteiger partial charge in [-0.3, -0.25) is 4.79 Å². The largest absolute Gasteiger partial charge is 0.354 e. The van der Waals surface area contributed by atoms with E-state index in [1.54, 1.807) is 12.5 Å². The summed E-state index contributed by atoms with van der Waals surface area (Å²) in [5, 5.41) is 6.01. The number of hydrogen-bond acceptors (Lipinski definition) is 3. The summed E-state index contributed by atoms with van der Waals surface area (Å²) in [6.07, 6.45) is 3.37. The highest BCUT2D eigenvalue weighted by atomic mass is 16.2. The molecule has 0 saturated heterocycles. The van der Waals surface area contributed by atoms with E-state index in [1.807, 2.05) is 6.92 Å². The van der Waals surface area contributed by atoms with Gasteiger partial charge in [0.2, 0.25) is 5.91 Å². The summed E-state index contributed by atoms with van der Waals surface area (Å²) in [5.41, 5.74) is 0.975. The second-order valence-electron chi connectivity index (χ2n) is 4.32. The van der Waals surface area contributed by atoms with Crippen LogP contribution in [-0.4, -0.2) is 28.5 Å². The van der Waals surface area contributed by atoms with Crippen molar-refractivity contribution in [3.05, 3.63) is 18.2 Å². The quantitative estimate of drug-likeness (QED) is 0.665. The van der Waals surface area contributed by atoms with Crippen LogP contribution >= 0.6 is 0 Å². The molecule has 0 radical (unpaired) electrons. The van der Waals surface area contributed by atoms with E-state index in [2.05, 4.69) is 34.4 Å². The summed E-state index contributed by atoms with van der Waals surface area (Å²) in [5.74, 6) is 0.511. The van der Waals surface area contributed by atoms with Gasteiger partial charge in [0.25, 0.3) is 0 Å². The topological polar surface area (TPSA) is 69.8 Å². The number of carbonyl (C=O) groups is 1. The zero-order chi connectivity index (χ0) is 12.0. The fourth-order valence-corrected chi connectivity index (χ4v) is 1.19. The molecule has 0 aliphatic rings. The van der Waals surface area contributed by atoms with Gasteiger partial charge in [-0.15, -0.1) is 0 Å². The third kappa shape index (κ3) is 4.44. The molecular formula is C11H20N4O. The van der Waals surface area contributed by atoms with Gasteiger partial charge in [-0.25, -0.2) is 4.98 Å². The average Bonchev–Trinajstić information content (AvgIpc) is 2.75. The van der Waals surface area contributed by atoms with Gasteiger partial charge in [0, 0.05) is 25.0 Å². The lowest BCUT2D eigenvalue weighted by molar-refractivity contribution is -0.122. The molecule has 1 atom stereocenters. The molecule has 3 N–H and O–H groups in total. The molecule has 5 nitrogen and oxygen atoms in total. The number of aromatic amines is 1. The molecule has 0 fully saturated rings. The first-order chi connectivity index (χ1) is 7.59. The van der Waals surface area contributed by atoms with Crippen LogP contribution in [0.5, 0.6) is 0 Å². The van der Waals surface area contributed by atoms with Gasteiger partial charge in [0.1, 0.15) is 0 Å². The third-order valence-electron chi connectivity index (χ3n) is 2.23. The number of amides is 1. The van der Waals surface area contributed by atoms with E-state index in [1.165, 1.54) is 0 Å². The van der Waals surface area contributed by atoms with E-state index in [4.69, 9.17) is 0 Å². The number of hydrogen-bond donors (Lipinski definition) is 3. The summed E-state index contributed by atoms with van der Waals surface area (Å²) in [6, 6.07) is -0.193. The fourth-order valence-electron chi connectivity index (χ4n) is 1.19. The Balaban J connectivity index is 2.23. The summed E-state index contributed by atoms with van der Waals surface area (Å²) in [4.78, 5) is 18.5. The molecule has 1 aromatic heterocycles. The van der Waals surface area contributed by atoms with Crippen molar-refractivity contribution in [3.8, 4) is 0 Å². The van der Waals surface area contributed by atoms with Crippen molar-refractivity contribution in [1.29, 1.82) is 0 Å². The first kappa shape index (κ1) is 12.7. The van der Waals surface area contributed by atoms with E-state index >= 15 is 0 Å². The molecule has 0 aromatic carbocycles. The normalized spacial score (nSPS) is 12.8. The first-order valence-electron chi connectivity index (χ1n) is 5.58. The van der Waals surface area contributed by atoms with Crippen molar-refractivity contribution >= 4 is 5.91 Å². The van der Waals surface area contributed by atoms with E-state index in [0.29, 0.717) is 12.5 Å². The van der Waals surface area contributed by atoms with Crippen LogP contribution in [0.25, 0.3) is 0 Å². The van der Waals surface area contributed by atoms with Crippen molar-refractivity contribution in [1.82, 2.24) is 20.6 Å². The number of nitrogens with one attached hydrogen (secondary N) is 3. The number of nitrogens with zero attached hydrogens (tertiary/aromatic N) is 1.